The monoisotopic (exact) mass is 240 g/mol. The number of nitrogens with one attached hydrogen (secondary N) is 1. The van der Waals surface area contributed by atoms with Crippen LogP contribution < -0.4 is 10.1 Å². The summed E-state index contributed by atoms with van der Waals surface area (Å²) >= 11 is 5.75. The van der Waals surface area contributed by atoms with Crippen LogP contribution in [0, 0.1) is 5.92 Å². The molecule has 5 heteroatoms. The molecule has 1 amide bonds. The standard InChI is InChI=1S/C11H13ClN2O2/c1-7(8-5-10(15)13-6-8)16-11-4-2-3-9(12)14-11/h2-4,7-8H,5-6H2,1H3,(H,13,15). The molecule has 0 spiro atoms. The molecule has 2 unspecified atom stereocenters. The van der Waals surface area contributed by atoms with Crippen LogP contribution in [0.2, 0.25) is 5.15 Å². The van der Waals surface area contributed by atoms with Crippen LogP contribution in [-0.4, -0.2) is 23.5 Å². The van der Waals surface area contributed by atoms with Gasteiger partial charge in [-0.05, 0) is 13.0 Å². The second-order valence-electron chi connectivity index (χ2n) is 3.89. The molecule has 1 saturated heterocycles. The third-order valence-electron chi connectivity index (χ3n) is 2.67. The van der Waals surface area contributed by atoms with Crippen LogP contribution in [0.25, 0.3) is 0 Å². The summed E-state index contributed by atoms with van der Waals surface area (Å²) < 4.78 is 5.64. The van der Waals surface area contributed by atoms with Gasteiger partial charge in [-0.1, -0.05) is 17.7 Å². The van der Waals surface area contributed by atoms with Crippen molar-refractivity contribution in [3.8, 4) is 5.88 Å². The molecule has 16 heavy (non-hydrogen) atoms. The topological polar surface area (TPSA) is 51.2 Å². The zero-order valence-electron chi connectivity index (χ0n) is 8.94. The quantitative estimate of drug-likeness (QED) is 0.818. The molecule has 2 heterocycles. The van der Waals surface area contributed by atoms with E-state index < -0.39 is 0 Å². The number of hydrogen-bond donors (Lipinski definition) is 1. The maximum atomic E-state index is 11.1. The second kappa shape index (κ2) is 4.70. The molecular formula is C11H13ClN2O2. The first kappa shape index (κ1) is 11.2. The first-order chi connectivity index (χ1) is 7.65. The lowest BCUT2D eigenvalue weighted by atomic mass is 10.0. The molecule has 4 nitrogen and oxygen atoms in total. The predicted octanol–water partition coefficient (Wildman–Crippen LogP) is 1.64. The summed E-state index contributed by atoms with van der Waals surface area (Å²) in [5.41, 5.74) is 0. The van der Waals surface area contributed by atoms with Crippen LogP contribution >= 0.6 is 11.6 Å². The Morgan fingerprint density at radius 3 is 3.06 bits per heavy atom. The second-order valence-corrected chi connectivity index (χ2v) is 4.28. The Morgan fingerprint density at radius 2 is 2.44 bits per heavy atom. The fraction of sp³-hybridized carbons (Fsp3) is 0.455. The highest BCUT2D eigenvalue weighted by Gasteiger charge is 2.28. The van der Waals surface area contributed by atoms with Crippen molar-refractivity contribution >= 4 is 17.5 Å². The first-order valence-corrected chi connectivity index (χ1v) is 5.59. The molecule has 1 fully saturated rings. The van der Waals surface area contributed by atoms with E-state index in [0.29, 0.717) is 24.0 Å². The van der Waals surface area contributed by atoms with Gasteiger partial charge in [0.25, 0.3) is 0 Å². The number of ether oxygens (including phenoxy) is 1. The van der Waals surface area contributed by atoms with Crippen LogP contribution in [0.15, 0.2) is 18.2 Å². The van der Waals surface area contributed by atoms with Gasteiger partial charge in [0.05, 0.1) is 0 Å². The Kier molecular flexibility index (Phi) is 3.29. The average Bonchev–Trinajstić information content (AvgIpc) is 2.65. The van der Waals surface area contributed by atoms with Gasteiger partial charge < -0.3 is 10.1 Å². The number of nitrogens with zero attached hydrogens (tertiary/aromatic N) is 1. The smallest absolute Gasteiger partial charge is 0.220 e. The van der Waals surface area contributed by atoms with Crippen LogP contribution in [-0.2, 0) is 4.79 Å². The summed E-state index contributed by atoms with van der Waals surface area (Å²) in [4.78, 5) is 15.1. The fourth-order valence-corrected chi connectivity index (χ4v) is 1.86. The van der Waals surface area contributed by atoms with E-state index in [9.17, 15) is 4.79 Å². The lowest BCUT2D eigenvalue weighted by Gasteiger charge is -2.18. The van der Waals surface area contributed by atoms with Crippen LogP contribution in [0.3, 0.4) is 0 Å². The predicted molar refractivity (Wildman–Crippen MR) is 60.5 cm³/mol. The normalized spacial score (nSPS) is 21.6. The average molecular weight is 241 g/mol. The molecule has 86 valence electrons. The number of carbonyl (C=O) groups excluding carboxylic acids is 1. The number of pyridine rings is 1. The minimum Gasteiger partial charge on any atom is -0.474 e. The van der Waals surface area contributed by atoms with Crippen molar-refractivity contribution in [1.82, 2.24) is 10.3 Å². The first-order valence-electron chi connectivity index (χ1n) is 5.21. The van der Waals surface area contributed by atoms with Gasteiger partial charge in [-0.2, -0.15) is 0 Å². The van der Waals surface area contributed by atoms with Gasteiger partial charge in [-0.3, -0.25) is 4.79 Å². The van der Waals surface area contributed by atoms with Crippen molar-refractivity contribution < 1.29 is 9.53 Å². The SMILES string of the molecule is CC(Oc1cccc(Cl)n1)C1CNC(=O)C1. The molecule has 2 rings (SSSR count). The summed E-state index contributed by atoms with van der Waals surface area (Å²) in [5, 5.41) is 3.19. The zero-order valence-corrected chi connectivity index (χ0v) is 9.70. The van der Waals surface area contributed by atoms with Gasteiger partial charge in [-0.25, -0.2) is 4.98 Å². The maximum absolute atomic E-state index is 11.1. The van der Waals surface area contributed by atoms with Crippen molar-refractivity contribution in [3.63, 3.8) is 0 Å². The summed E-state index contributed by atoms with van der Waals surface area (Å²) in [5.74, 6) is 0.784. The Labute approximate surface area is 99.0 Å². The Bertz CT molecular complexity index is 397. The fourth-order valence-electron chi connectivity index (χ4n) is 1.70. The van der Waals surface area contributed by atoms with Gasteiger partial charge in [0.2, 0.25) is 11.8 Å². The molecule has 1 aliphatic heterocycles. The molecule has 1 aromatic heterocycles. The third-order valence-corrected chi connectivity index (χ3v) is 2.88. The largest absolute Gasteiger partial charge is 0.474 e. The molecule has 1 N–H and O–H groups in total. The molecule has 0 bridgehead atoms. The molecule has 0 aromatic carbocycles. The van der Waals surface area contributed by atoms with Crippen molar-refractivity contribution in [2.24, 2.45) is 5.92 Å². The number of halogens is 1. The van der Waals surface area contributed by atoms with Gasteiger partial charge in [-0.15, -0.1) is 0 Å². The lowest BCUT2D eigenvalue weighted by molar-refractivity contribution is -0.119. The lowest BCUT2D eigenvalue weighted by Crippen LogP contribution is -2.25. The number of rotatable bonds is 3. The van der Waals surface area contributed by atoms with E-state index in [-0.39, 0.29) is 17.9 Å². The molecule has 0 aliphatic carbocycles. The van der Waals surface area contributed by atoms with Crippen LogP contribution in [0.1, 0.15) is 13.3 Å². The van der Waals surface area contributed by atoms with Gasteiger partial charge in [0, 0.05) is 24.9 Å². The van der Waals surface area contributed by atoms with E-state index in [1.165, 1.54) is 0 Å². The van der Waals surface area contributed by atoms with Gasteiger partial charge in [0.15, 0.2) is 0 Å². The maximum Gasteiger partial charge on any atom is 0.220 e. The highest BCUT2D eigenvalue weighted by atomic mass is 35.5. The van der Waals surface area contributed by atoms with E-state index >= 15 is 0 Å². The van der Waals surface area contributed by atoms with Gasteiger partial charge >= 0.3 is 0 Å². The molecule has 2 atom stereocenters. The molecular weight excluding hydrogens is 228 g/mol. The van der Waals surface area contributed by atoms with Crippen molar-refractivity contribution in [2.75, 3.05) is 6.54 Å². The Hall–Kier alpha value is -1.29. The highest BCUT2D eigenvalue weighted by Crippen LogP contribution is 2.19. The summed E-state index contributed by atoms with van der Waals surface area (Å²) in [7, 11) is 0. The molecule has 1 aromatic rings. The number of amides is 1. The Balaban J connectivity index is 1.96. The number of aromatic nitrogens is 1. The Morgan fingerprint density at radius 1 is 1.62 bits per heavy atom. The van der Waals surface area contributed by atoms with E-state index in [0.717, 1.165) is 0 Å². The van der Waals surface area contributed by atoms with Crippen molar-refractivity contribution in [2.45, 2.75) is 19.4 Å². The molecule has 0 saturated carbocycles. The number of carbonyl (C=O) groups is 1. The van der Waals surface area contributed by atoms with E-state index in [1.54, 1.807) is 18.2 Å². The minimum atomic E-state index is -0.0510. The van der Waals surface area contributed by atoms with Crippen LogP contribution in [0.4, 0.5) is 0 Å². The van der Waals surface area contributed by atoms with E-state index in [4.69, 9.17) is 16.3 Å². The van der Waals surface area contributed by atoms with Crippen molar-refractivity contribution in [1.29, 1.82) is 0 Å². The minimum absolute atomic E-state index is 0.0510. The third kappa shape index (κ3) is 2.64. The van der Waals surface area contributed by atoms with Crippen LogP contribution in [0.5, 0.6) is 5.88 Å². The number of hydrogen-bond acceptors (Lipinski definition) is 3. The summed E-state index contributed by atoms with van der Waals surface area (Å²) in [6, 6.07) is 5.24. The summed E-state index contributed by atoms with van der Waals surface area (Å²) in [6.07, 6.45) is 0.465. The molecule has 0 radical (unpaired) electrons. The van der Waals surface area contributed by atoms with E-state index in [1.807, 2.05) is 6.92 Å². The van der Waals surface area contributed by atoms with Gasteiger partial charge in [0.1, 0.15) is 11.3 Å². The molecule has 1 aliphatic rings. The zero-order chi connectivity index (χ0) is 11.5. The van der Waals surface area contributed by atoms with E-state index in [2.05, 4.69) is 10.3 Å². The summed E-state index contributed by atoms with van der Waals surface area (Å²) in [6.45, 7) is 2.61. The highest BCUT2D eigenvalue weighted by molar-refractivity contribution is 6.29. The van der Waals surface area contributed by atoms with Crippen molar-refractivity contribution in [3.05, 3.63) is 23.4 Å².